The maximum atomic E-state index is 13.4. The molecule has 1 N–H and O–H groups in total. The van der Waals surface area contributed by atoms with E-state index >= 15 is 0 Å². The lowest BCUT2D eigenvalue weighted by molar-refractivity contribution is -0.125. The Bertz CT molecular complexity index is 949. The molecule has 0 radical (unpaired) electrons. The monoisotopic (exact) mass is 422 g/mol. The first kappa shape index (κ1) is 18.6. The van der Waals surface area contributed by atoms with Crippen molar-refractivity contribution >= 4 is 45.3 Å². The number of nitrogens with one attached hydrogen (secondary N) is 1. The van der Waals surface area contributed by atoms with E-state index in [1.54, 1.807) is 12.1 Å². The van der Waals surface area contributed by atoms with Crippen LogP contribution in [0.25, 0.3) is 10.6 Å². The fraction of sp³-hybridized carbons (Fsp3) is 0.263. The molecular weight excluding hydrogens is 407 g/mol. The Morgan fingerprint density at radius 3 is 2.59 bits per heavy atom. The van der Waals surface area contributed by atoms with Crippen molar-refractivity contribution in [2.45, 2.75) is 18.3 Å². The Labute approximate surface area is 169 Å². The van der Waals surface area contributed by atoms with E-state index in [1.807, 2.05) is 17.5 Å². The summed E-state index contributed by atoms with van der Waals surface area (Å²) < 4.78 is 19.5. The first-order valence-electron chi connectivity index (χ1n) is 8.43. The number of hydrogen-bond acceptors (Lipinski definition) is 5. The number of aromatic nitrogens is 1. The molecule has 4 nitrogen and oxygen atoms in total. The van der Waals surface area contributed by atoms with Crippen molar-refractivity contribution < 1.29 is 13.9 Å². The molecule has 2 aromatic heterocycles. The molecule has 0 bridgehead atoms. The number of halogens is 2. The van der Waals surface area contributed by atoms with E-state index < -0.39 is 5.41 Å². The highest BCUT2D eigenvalue weighted by Crippen LogP contribution is 2.37. The number of thiazole rings is 1. The number of carbonyl (C=O) groups excluding carboxylic acids is 1. The molecule has 0 saturated carbocycles. The normalized spacial score (nSPS) is 16.2. The van der Waals surface area contributed by atoms with Crippen molar-refractivity contribution in [3.05, 3.63) is 57.5 Å². The molecule has 3 heterocycles. The second-order valence-corrected chi connectivity index (χ2v) is 8.87. The molecule has 3 aromatic rings. The van der Waals surface area contributed by atoms with Crippen molar-refractivity contribution in [2.75, 3.05) is 18.5 Å². The number of benzene rings is 1. The minimum atomic E-state index is -0.746. The van der Waals surface area contributed by atoms with Crippen LogP contribution in [0.5, 0.6) is 0 Å². The Balaban J connectivity index is 1.59. The molecule has 0 aliphatic carbocycles. The van der Waals surface area contributed by atoms with Crippen LogP contribution in [0.3, 0.4) is 0 Å². The van der Waals surface area contributed by atoms with Gasteiger partial charge in [-0.1, -0.05) is 23.7 Å². The number of nitrogens with zero attached hydrogens (tertiary/aromatic N) is 1. The van der Waals surface area contributed by atoms with Crippen molar-refractivity contribution in [3.8, 4) is 10.6 Å². The number of amides is 1. The highest BCUT2D eigenvalue weighted by molar-refractivity contribution is 7.20. The zero-order valence-electron chi connectivity index (χ0n) is 14.2. The van der Waals surface area contributed by atoms with E-state index in [-0.39, 0.29) is 11.7 Å². The summed E-state index contributed by atoms with van der Waals surface area (Å²) in [4.78, 5) is 18.7. The predicted molar refractivity (Wildman–Crippen MR) is 107 cm³/mol. The average Bonchev–Trinajstić information content (AvgIpc) is 3.32. The van der Waals surface area contributed by atoms with Crippen LogP contribution in [0.15, 0.2) is 41.8 Å². The van der Waals surface area contributed by atoms with Crippen molar-refractivity contribution in [1.29, 1.82) is 0 Å². The van der Waals surface area contributed by atoms with Gasteiger partial charge >= 0.3 is 0 Å². The van der Waals surface area contributed by atoms with Gasteiger partial charge in [0.25, 0.3) is 0 Å². The van der Waals surface area contributed by atoms with Gasteiger partial charge in [-0.2, -0.15) is 0 Å². The van der Waals surface area contributed by atoms with Crippen LogP contribution in [0.4, 0.5) is 9.52 Å². The molecule has 1 aliphatic heterocycles. The quantitative estimate of drug-likeness (QED) is 0.616. The minimum absolute atomic E-state index is 0.137. The molecule has 140 valence electrons. The molecule has 1 amide bonds. The molecule has 8 heteroatoms. The molecular formula is C19H16ClFN2O2S2. The third-order valence-corrected chi connectivity index (χ3v) is 6.74. The van der Waals surface area contributed by atoms with Gasteiger partial charge < -0.3 is 10.1 Å². The lowest BCUT2D eigenvalue weighted by Crippen LogP contribution is -2.44. The van der Waals surface area contributed by atoms with Crippen LogP contribution in [0.2, 0.25) is 4.34 Å². The van der Waals surface area contributed by atoms with Gasteiger partial charge in [0.2, 0.25) is 5.91 Å². The molecule has 0 spiro atoms. The summed E-state index contributed by atoms with van der Waals surface area (Å²) >= 11 is 8.80. The van der Waals surface area contributed by atoms with Crippen molar-refractivity contribution in [3.63, 3.8) is 0 Å². The topological polar surface area (TPSA) is 51.2 Å². The van der Waals surface area contributed by atoms with Crippen LogP contribution in [0, 0.1) is 5.82 Å². The molecule has 4 rings (SSSR count). The highest BCUT2D eigenvalue weighted by Gasteiger charge is 2.42. The molecule has 1 fully saturated rings. The molecule has 1 aromatic carbocycles. The zero-order chi connectivity index (χ0) is 18.9. The van der Waals surface area contributed by atoms with E-state index in [0.717, 1.165) is 16.1 Å². The molecule has 27 heavy (non-hydrogen) atoms. The van der Waals surface area contributed by atoms with Gasteiger partial charge in [-0.15, -0.1) is 22.7 Å². The maximum absolute atomic E-state index is 13.4. The number of rotatable bonds is 4. The Morgan fingerprint density at radius 2 is 1.93 bits per heavy atom. The summed E-state index contributed by atoms with van der Waals surface area (Å²) in [6.07, 6.45) is 1.09. The predicted octanol–water partition coefficient (Wildman–Crippen LogP) is 5.35. The average molecular weight is 423 g/mol. The van der Waals surface area contributed by atoms with Crippen LogP contribution in [0.1, 0.15) is 18.4 Å². The second-order valence-electron chi connectivity index (χ2n) is 6.30. The highest BCUT2D eigenvalue weighted by atomic mass is 35.5. The zero-order valence-corrected chi connectivity index (χ0v) is 16.6. The Kier molecular flexibility index (Phi) is 5.27. The lowest BCUT2D eigenvalue weighted by atomic mass is 9.73. The fourth-order valence-corrected chi connectivity index (χ4v) is 5.03. The number of anilines is 1. The van der Waals surface area contributed by atoms with Crippen molar-refractivity contribution in [2.24, 2.45) is 0 Å². The molecule has 1 saturated heterocycles. The van der Waals surface area contributed by atoms with Gasteiger partial charge in [0.15, 0.2) is 5.13 Å². The Morgan fingerprint density at radius 1 is 1.19 bits per heavy atom. The van der Waals surface area contributed by atoms with Crippen LogP contribution in [-0.2, 0) is 14.9 Å². The number of hydrogen-bond donors (Lipinski definition) is 1. The van der Waals surface area contributed by atoms with Gasteiger partial charge in [-0.25, -0.2) is 9.37 Å². The van der Waals surface area contributed by atoms with E-state index in [0.29, 0.717) is 35.5 Å². The smallest absolute Gasteiger partial charge is 0.236 e. The summed E-state index contributed by atoms with van der Waals surface area (Å²) in [5, 5.41) is 5.38. The van der Waals surface area contributed by atoms with Crippen LogP contribution < -0.4 is 5.32 Å². The Hall–Kier alpha value is -1.80. The van der Waals surface area contributed by atoms with Crippen LogP contribution >= 0.6 is 34.3 Å². The molecule has 0 atom stereocenters. The minimum Gasteiger partial charge on any atom is -0.381 e. The molecule has 0 unspecified atom stereocenters. The molecule has 1 aliphatic rings. The third kappa shape index (κ3) is 3.78. The third-order valence-electron chi connectivity index (χ3n) is 4.73. The lowest BCUT2D eigenvalue weighted by Gasteiger charge is -2.36. The van der Waals surface area contributed by atoms with Crippen molar-refractivity contribution in [1.82, 2.24) is 4.98 Å². The van der Waals surface area contributed by atoms with Gasteiger partial charge in [0.1, 0.15) is 5.82 Å². The number of ether oxygens (including phenoxy) is 1. The van der Waals surface area contributed by atoms with E-state index in [2.05, 4.69) is 10.3 Å². The summed E-state index contributed by atoms with van der Waals surface area (Å²) in [5.74, 6) is -0.455. The van der Waals surface area contributed by atoms with E-state index in [9.17, 15) is 9.18 Å². The van der Waals surface area contributed by atoms with E-state index in [1.165, 1.54) is 34.8 Å². The number of carbonyl (C=O) groups is 1. The first-order chi connectivity index (χ1) is 13.1. The van der Waals surface area contributed by atoms with E-state index in [4.69, 9.17) is 16.3 Å². The van der Waals surface area contributed by atoms with Crippen LogP contribution in [-0.4, -0.2) is 24.1 Å². The largest absolute Gasteiger partial charge is 0.381 e. The summed E-state index contributed by atoms with van der Waals surface area (Å²) in [6, 6.07) is 9.88. The number of thiophene rings is 1. The van der Waals surface area contributed by atoms with Gasteiger partial charge in [0, 0.05) is 18.6 Å². The maximum Gasteiger partial charge on any atom is 0.236 e. The first-order valence-corrected chi connectivity index (χ1v) is 10.5. The van der Waals surface area contributed by atoms with Gasteiger partial charge in [0.05, 0.1) is 20.3 Å². The fourth-order valence-electron chi connectivity index (χ4n) is 3.25. The standard InChI is InChI=1S/C19H16ClFN2O2S2/c20-16-6-5-15(27-16)14-11-26-18(22-14)23-17(24)19(7-9-25-10-8-19)12-1-3-13(21)4-2-12/h1-6,11H,7-10H2,(H,22,23,24). The second kappa shape index (κ2) is 7.67. The van der Waals surface area contributed by atoms with Gasteiger partial charge in [-0.3, -0.25) is 4.79 Å². The summed E-state index contributed by atoms with van der Waals surface area (Å²) in [7, 11) is 0. The van der Waals surface area contributed by atoms with Gasteiger partial charge in [-0.05, 0) is 42.7 Å². The summed E-state index contributed by atoms with van der Waals surface area (Å²) in [5.41, 5.74) is 0.839. The summed E-state index contributed by atoms with van der Waals surface area (Å²) in [6.45, 7) is 0.975. The SMILES string of the molecule is O=C(Nc1nc(-c2ccc(Cl)s2)cs1)C1(c2ccc(F)cc2)CCOCC1.